The van der Waals surface area contributed by atoms with Gasteiger partial charge in [-0.1, -0.05) is 78.4 Å². The van der Waals surface area contributed by atoms with Crippen LogP contribution >= 0.6 is 0 Å². The zero-order valence-corrected chi connectivity index (χ0v) is 13.0. The molecule has 0 radical (unpaired) electrons. The quantitative estimate of drug-likeness (QED) is 0.620. The van der Waals surface area contributed by atoms with Gasteiger partial charge in [-0.05, 0) is 19.1 Å². The van der Waals surface area contributed by atoms with E-state index in [0.29, 0.717) is 11.3 Å². The number of aryl methyl sites for hydroxylation is 1. The Labute approximate surface area is 136 Å². The molecule has 114 valence electrons. The van der Waals surface area contributed by atoms with E-state index in [-0.39, 0.29) is 5.78 Å². The molecule has 0 saturated heterocycles. The Morgan fingerprint density at radius 2 is 1.35 bits per heavy atom. The number of hydrogen-bond donors (Lipinski definition) is 0. The monoisotopic (exact) mass is 302 g/mol. The number of ether oxygens (including phenoxy) is 1. The molecule has 1 atom stereocenters. The van der Waals surface area contributed by atoms with Crippen molar-refractivity contribution in [3.8, 4) is 5.75 Å². The standard InChI is InChI=1S/C21H18O2/c1-16-12-14-18(15-13-16)21(23-19-10-6-3-7-11-19)20(22)17-8-4-2-5-9-17/h2-15,21H,1H3. The summed E-state index contributed by atoms with van der Waals surface area (Å²) in [5.41, 5.74) is 2.65. The fourth-order valence-corrected chi connectivity index (χ4v) is 2.40. The third-order valence-corrected chi connectivity index (χ3v) is 3.67. The molecule has 0 N–H and O–H groups in total. The molecule has 0 aromatic heterocycles. The van der Waals surface area contributed by atoms with E-state index in [0.717, 1.165) is 11.1 Å². The van der Waals surface area contributed by atoms with E-state index in [9.17, 15) is 4.79 Å². The Morgan fingerprint density at radius 1 is 0.783 bits per heavy atom. The molecule has 0 heterocycles. The van der Waals surface area contributed by atoms with Gasteiger partial charge in [-0.2, -0.15) is 0 Å². The highest BCUT2D eigenvalue weighted by atomic mass is 16.5. The van der Waals surface area contributed by atoms with Crippen LogP contribution in [0.25, 0.3) is 0 Å². The minimum absolute atomic E-state index is 0.0432. The highest BCUT2D eigenvalue weighted by Crippen LogP contribution is 2.25. The van der Waals surface area contributed by atoms with Gasteiger partial charge < -0.3 is 4.74 Å². The van der Waals surface area contributed by atoms with E-state index in [1.54, 1.807) is 0 Å². The Kier molecular flexibility index (Phi) is 4.53. The molecule has 0 bridgehead atoms. The first kappa shape index (κ1) is 15.0. The van der Waals surface area contributed by atoms with Crippen molar-refractivity contribution in [2.24, 2.45) is 0 Å². The highest BCUT2D eigenvalue weighted by Gasteiger charge is 2.23. The number of rotatable bonds is 5. The molecular weight excluding hydrogens is 284 g/mol. The number of Topliss-reactive ketones (excluding diaryl/α,β-unsaturated/α-hetero) is 1. The van der Waals surface area contributed by atoms with Gasteiger partial charge in [0.15, 0.2) is 6.10 Å². The van der Waals surface area contributed by atoms with Gasteiger partial charge in [-0.25, -0.2) is 0 Å². The summed E-state index contributed by atoms with van der Waals surface area (Å²) in [5, 5.41) is 0. The van der Waals surface area contributed by atoms with Crippen LogP contribution in [0.3, 0.4) is 0 Å². The molecular formula is C21H18O2. The van der Waals surface area contributed by atoms with Crippen molar-refractivity contribution in [2.45, 2.75) is 13.0 Å². The molecule has 3 rings (SSSR count). The van der Waals surface area contributed by atoms with Crippen LogP contribution in [-0.4, -0.2) is 5.78 Å². The maximum Gasteiger partial charge on any atom is 0.207 e. The molecule has 23 heavy (non-hydrogen) atoms. The fourth-order valence-electron chi connectivity index (χ4n) is 2.40. The van der Waals surface area contributed by atoms with Gasteiger partial charge in [-0.15, -0.1) is 0 Å². The topological polar surface area (TPSA) is 26.3 Å². The minimum Gasteiger partial charge on any atom is -0.478 e. The summed E-state index contributed by atoms with van der Waals surface area (Å²) in [6.45, 7) is 2.02. The molecule has 0 saturated carbocycles. The third kappa shape index (κ3) is 3.67. The number of para-hydroxylation sites is 1. The second kappa shape index (κ2) is 6.93. The van der Waals surface area contributed by atoms with Crippen molar-refractivity contribution < 1.29 is 9.53 Å². The minimum atomic E-state index is -0.652. The Bertz CT molecular complexity index is 762. The summed E-state index contributed by atoms with van der Waals surface area (Å²) in [7, 11) is 0. The Morgan fingerprint density at radius 3 is 1.96 bits per heavy atom. The van der Waals surface area contributed by atoms with E-state index in [1.807, 2.05) is 91.9 Å². The summed E-state index contributed by atoms with van der Waals surface area (Å²) in [4.78, 5) is 12.9. The van der Waals surface area contributed by atoms with Crippen LogP contribution < -0.4 is 4.74 Å². The van der Waals surface area contributed by atoms with Crippen molar-refractivity contribution in [1.29, 1.82) is 0 Å². The van der Waals surface area contributed by atoms with Crippen LogP contribution in [0.5, 0.6) is 5.75 Å². The number of hydrogen-bond acceptors (Lipinski definition) is 2. The average Bonchev–Trinajstić information content (AvgIpc) is 2.62. The molecule has 0 aliphatic heterocycles. The SMILES string of the molecule is Cc1ccc(C(Oc2ccccc2)C(=O)c2ccccc2)cc1. The van der Waals surface area contributed by atoms with Gasteiger partial charge in [0.05, 0.1) is 0 Å². The summed E-state index contributed by atoms with van der Waals surface area (Å²) >= 11 is 0. The number of carbonyl (C=O) groups excluding carboxylic acids is 1. The third-order valence-electron chi connectivity index (χ3n) is 3.67. The average molecular weight is 302 g/mol. The lowest BCUT2D eigenvalue weighted by atomic mass is 9.99. The van der Waals surface area contributed by atoms with Crippen LogP contribution in [0.15, 0.2) is 84.9 Å². The summed E-state index contributed by atoms with van der Waals surface area (Å²) < 4.78 is 6.01. The molecule has 2 heteroatoms. The van der Waals surface area contributed by atoms with E-state index in [2.05, 4.69) is 0 Å². The van der Waals surface area contributed by atoms with Crippen LogP contribution in [0.4, 0.5) is 0 Å². The smallest absolute Gasteiger partial charge is 0.207 e. The lowest BCUT2D eigenvalue weighted by molar-refractivity contribution is 0.0792. The van der Waals surface area contributed by atoms with Crippen molar-refractivity contribution in [2.75, 3.05) is 0 Å². The maximum absolute atomic E-state index is 12.9. The van der Waals surface area contributed by atoms with Crippen molar-refractivity contribution in [1.82, 2.24) is 0 Å². The van der Waals surface area contributed by atoms with Gasteiger partial charge in [0.2, 0.25) is 5.78 Å². The van der Waals surface area contributed by atoms with Gasteiger partial charge in [0, 0.05) is 11.1 Å². The first-order chi connectivity index (χ1) is 11.2. The molecule has 3 aromatic carbocycles. The molecule has 0 spiro atoms. The first-order valence-corrected chi connectivity index (χ1v) is 7.61. The Hall–Kier alpha value is -2.87. The van der Waals surface area contributed by atoms with E-state index < -0.39 is 6.10 Å². The van der Waals surface area contributed by atoms with Crippen LogP contribution in [0, 0.1) is 6.92 Å². The zero-order valence-electron chi connectivity index (χ0n) is 13.0. The number of carbonyl (C=O) groups is 1. The van der Waals surface area contributed by atoms with Gasteiger partial charge in [0.1, 0.15) is 5.75 Å². The molecule has 0 fully saturated rings. The Balaban J connectivity index is 1.96. The number of benzene rings is 3. The number of ketones is 1. The van der Waals surface area contributed by atoms with Gasteiger partial charge >= 0.3 is 0 Å². The van der Waals surface area contributed by atoms with Gasteiger partial charge in [0.25, 0.3) is 0 Å². The van der Waals surface area contributed by atoms with Crippen LogP contribution in [-0.2, 0) is 0 Å². The maximum atomic E-state index is 12.9. The first-order valence-electron chi connectivity index (χ1n) is 7.61. The molecule has 0 aliphatic rings. The predicted molar refractivity (Wildman–Crippen MR) is 91.8 cm³/mol. The molecule has 1 unspecified atom stereocenters. The summed E-state index contributed by atoms with van der Waals surface area (Å²) in [5.74, 6) is 0.640. The van der Waals surface area contributed by atoms with Crippen molar-refractivity contribution in [3.63, 3.8) is 0 Å². The summed E-state index contributed by atoms with van der Waals surface area (Å²) in [6.07, 6.45) is -0.652. The lowest BCUT2D eigenvalue weighted by Gasteiger charge is -2.19. The normalized spacial score (nSPS) is 11.7. The largest absolute Gasteiger partial charge is 0.478 e. The fraction of sp³-hybridized carbons (Fsp3) is 0.0952. The predicted octanol–water partition coefficient (Wildman–Crippen LogP) is 5.00. The summed E-state index contributed by atoms with van der Waals surface area (Å²) in [6, 6.07) is 26.6. The molecule has 0 aliphatic carbocycles. The van der Waals surface area contributed by atoms with Crippen molar-refractivity contribution in [3.05, 3.63) is 102 Å². The second-order valence-electron chi connectivity index (χ2n) is 5.45. The lowest BCUT2D eigenvalue weighted by Crippen LogP contribution is -2.19. The molecule has 3 aromatic rings. The highest BCUT2D eigenvalue weighted by molar-refractivity contribution is 6.00. The van der Waals surface area contributed by atoms with E-state index in [1.165, 1.54) is 0 Å². The molecule has 2 nitrogen and oxygen atoms in total. The van der Waals surface area contributed by atoms with Crippen LogP contribution in [0.1, 0.15) is 27.6 Å². The molecule has 0 amide bonds. The zero-order chi connectivity index (χ0) is 16.1. The van der Waals surface area contributed by atoms with Gasteiger partial charge in [-0.3, -0.25) is 4.79 Å². The van der Waals surface area contributed by atoms with E-state index >= 15 is 0 Å². The van der Waals surface area contributed by atoms with E-state index in [4.69, 9.17) is 4.74 Å². The van der Waals surface area contributed by atoms with Crippen molar-refractivity contribution >= 4 is 5.78 Å². The van der Waals surface area contributed by atoms with Crippen LogP contribution in [0.2, 0.25) is 0 Å². The second-order valence-corrected chi connectivity index (χ2v) is 5.45.